The minimum Gasteiger partial charge on any atom is -0.543 e. The fraction of sp³-hybridized carbons (Fsp3) is 0.105. The quantitative estimate of drug-likeness (QED) is 0.470. The third kappa shape index (κ3) is 4.58. The van der Waals surface area contributed by atoms with E-state index in [9.17, 15) is 9.90 Å². The van der Waals surface area contributed by atoms with E-state index in [2.05, 4.69) is 15.3 Å². The summed E-state index contributed by atoms with van der Waals surface area (Å²) in [7, 11) is 0. The van der Waals surface area contributed by atoms with E-state index in [1.807, 2.05) is 60.7 Å². The summed E-state index contributed by atoms with van der Waals surface area (Å²) in [6.07, 6.45) is 3.34. The van der Waals surface area contributed by atoms with Gasteiger partial charge in [0.15, 0.2) is 6.20 Å². The van der Waals surface area contributed by atoms with Crippen molar-refractivity contribution in [2.75, 3.05) is 0 Å². The van der Waals surface area contributed by atoms with E-state index in [4.69, 9.17) is 0 Å². The first-order valence-corrected chi connectivity index (χ1v) is 7.79. The highest BCUT2D eigenvalue weighted by Crippen LogP contribution is 2.08. The van der Waals surface area contributed by atoms with Gasteiger partial charge in [0.05, 0.1) is 11.7 Å². The number of carboxylic acid groups (broad SMARTS) is 1. The molecule has 0 saturated carbocycles. The van der Waals surface area contributed by atoms with Crippen LogP contribution in [-0.4, -0.2) is 21.3 Å². The summed E-state index contributed by atoms with van der Waals surface area (Å²) in [6, 6.07) is 18.5. The number of hydrogen-bond acceptors (Lipinski definition) is 5. The van der Waals surface area contributed by atoms with Gasteiger partial charge < -0.3 is 9.90 Å². The van der Waals surface area contributed by atoms with Gasteiger partial charge in [0.2, 0.25) is 6.04 Å². The summed E-state index contributed by atoms with van der Waals surface area (Å²) in [6.45, 7) is 1.54. The first kappa shape index (κ1) is 19.4. The summed E-state index contributed by atoms with van der Waals surface area (Å²) in [5.74, 6) is -1.14. The van der Waals surface area contributed by atoms with Gasteiger partial charge in [-0.15, -0.1) is 17.0 Å². The number of benzene rings is 2. The SMILES string of the molecule is Br.CC(C(=O)[O-])[n+]1ccc2ccccc2n1.c1ccc2nnccc2c1. The van der Waals surface area contributed by atoms with Crippen LogP contribution in [0.25, 0.3) is 21.8 Å². The standard InChI is InChI=1S/C11H10N2O2.C8H6N2.BrH/c1-8(11(14)15)13-7-6-9-4-2-3-5-10(9)12-13;1-2-4-8-7(3-1)5-6-9-10-8;/h2-8H,1H3;1-6H;1H. The molecule has 4 rings (SSSR count). The Labute approximate surface area is 160 Å². The number of hydrogen-bond donors (Lipinski definition) is 0. The molecule has 7 heteroatoms. The number of aromatic nitrogens is 4. The Bertz CT molecular complexity index is 961. The fourth-order valence-corrected chi connectivity index (χ4v) is 2.29. The van der Waals surface area contributed by atoms with E-state index in [-0.39, 0.29) is 17.0 Å². The van der Waals surface area contributed by atoms with Gasteiger partial charge in [-0.3, -0.25) is 0 Å². The van der Waals surface area contributed by atoms with Crippen molar-refractivity contribution in [2.24, 2.45) is 0 Å². The maximum Gasteiger partial charge on any atom is 0.220 e. The molecule has 0 amide bonds. The molecule has 0 fully saturated rings. The van der Waals surface area contributed by atoms with Crippen molar-refractivity contribution in [1.82, 2.24) is 15.3 Å². The molecule has 0 bridgehead atoms. The second kappa shape index (κ2) is 8.96. The molecule has 132 valence electrons. The highest BCUT2D eigenvalue weighted by Gasteiger charge is 2.15. The van der Waals surface area contributed by atoms with Gasteiger partial charge >= 0.3 is 0 Å². The maximum atomic E-state index is 10.7. The molecular formula is C19H17BrN4O2. The van der Waals surface area contributed by atoms with E-state index in [0.717, 1.165) is 21.8 Å². The third-order valence-electron chi connectivity index (χ3n) is 3.73. The molecule has 0 aliphatic carbocycles. The van der Waals surface area contributed by atoms with Gasteiger partial charge in [-0.2, -0.15) is 10.2 Å². The Kier molecular flexibility index (Phi) is 6.68. The lowest BCUT2D eigenvalue weighted by atomic mass is 10.2. The number of halogens is 1. The van der Waals surface area contributed by atoms with Crippen molar-refractivity contribution < 1.29 is 14.6 Å². The number of carbonyl (C=O) groups excluding carboxylic acids is 1. The van der Waals surface area contributed by atoms with E-state index >= 15 is 0 Å². The van der Waals surface area contributed by atoms with Crippen LogP contribution in [0, 0.1) is 0 Å². The average Bonchev–Trinajstić information content (AvgIpc) is 2.67. The van der Waals surface area contributed by atoms with Gasteiger partial charge in [-0.25, -0.2) is 0 Å². The molecule has 1 atom stereocenters. The second-order valence-electron chi connectivity index (χ2n) is 5.44. The molecule has 26 heavy (non-hydrogen) atoms. The van der Waals surface area contributed by atoms with Gasteiger partial charge in [0.1, 0.15) is 11.5 Å². The summed E-state index contributed by atoms with van der Waals surface area (Å²) in [5.41, 5.74) is 1.72. The predicted octanol–water partition coefficient (Wildman–Crippen LogP) is 2.04. The molecule has 0 aliphatic rings. The molecule has 0 spiro atoms. The lowest BCUT2D eigenvalue weighted by Gasteiger charge is -2.05. The molecule has 0 aliphatic heterocycles. The summed E-state index contributed by atoms with van der Waals surface area (Å²) >= 11 is 0. The molecule has 4 aromatic rings. The van der Waals surface area contributed by atoms with E-state index < -0.39 is 12.0 Å². The summed E-state index contributed by atoms with van der Waals surface area (Å²) in [4.78, 5) is 10.7. The minimum absolute atomic E-state index is 0. The van der Waals surface area contributed by atoms with Crippen LogP contribution in [0.2, 0.25) is 0 Å². The van der Waals surface area contributed by atoms with Crippen molar-refractivity contribution in [3.8, 4) is 0 Å². The number of carboxylic acids is 1. The van der Waals surface area contributed by atoms with Crippen molar-refractivity contribution >= 4 is 44.8 Å². The van der Waals surface area contributed by atoms with E-state index in [0.29, 0.717) is 0 Å². The Balaban J connectivity index is 0.000000193. The highest BCUT2D eigenvalue weighted by molar-refractivity contribution is 8.93. The third-order valence-corrected chi connectivity index (χ3v) is 3.73. The topological polar surface area (TPSA) is 82.7 Å². The molecule has 0 saturated heterocycles. The first-order valence-electron chi connectivity index (χ1n) is 7.79. The molecule has 0 N–H and O–H groups in total. The molecule has 2 heterocycles. The monoisotopic (exact) mass is 412 g/mol. The zero-order valence-electron chi connectivity index (χ0n) is 14.0. The van der Waals surface area contributed by atoms with Gasteiger partial charge in [0, 0.05) is 28.9 Å². The molecule has 6 nitrogen and oxygen atoms in total. The van der Waals surface area contributed by atoms with Crippen LogP contribution in [0.3, 0.4) is 0 Å². The Morgan fingerprint density at radius 2 is 1.58 bits per heavy atom. The highest BCUT2D eigenvalue weighted by atomic mass is 79.9. The van der Waals surface area contributed by atoms with Gasteiger partial charge in [-0.1, -0.05) is 41.1 Å². The van der Waals surface area contributed by atoms with Gasteiger partial charge in [0.25, 0.3) is 0 Å². The number of fused-ring (bicyclic) bond motifs is 2. The lowest BCUT2D eigenvalue weighted by molar-refractivity contribution is -0.765. The van der Waals surface area contributed by atoms with Crippen molar-refractivity contribution in [2.45, 2.75) is 13.0 Å². The number of carbonyl (C=O) groups is 1. The maximum absolute atomic E-state index is 10.7. The van der Waals surface area contributed by atoms with Crippen LogP contribution in [0.1, 0.15) is 13.0 Å². The predicted molar refractivity (Wildman–Crippen MR) is 102 cm³/mol. The Hall–Kier alpha value is -2.93. The Morgan fingerprint density at radius 3 is 2.23 bits per heavy atom. The van der Waals surface area contributed by atoms with E-state index in [1.54, 1.807) is 12.4 Å². The zero-order chi connectivity index (χ0) is 17.6. The Morgan fingerprint density at radius 1 is 0.962 bits per heavy atom. The number of nitrogens with zero attached hydrogens (tertiary/aromatic N) is 4. The molecule has 0 radical (unpaired) electrons. The normalized spacial score (nSPS) is 11.1. The fourth-order valence-electron chi connectivity index (χ4n) is 2.29. The van der Waals surface area contributed by atoms with Crippen LogP contribution in [0.15, 0.2) is 73.1 Å². The zero-order valence-corrected chi connectivity index (χ0v) is 15.7. The van der Waals surface area contributed by atoms with Crippen LogP contribution in [-0.2, 0) is 4.79 Å². The van der Waals surface area contributed by atoms with Crippen LogP contribution in [0.4, 0.5) is 0 Å². The second-order valence-corrected chi connectivity index (χ2v) is 5.44. The lowest BCUT2D eigenvalue weighted by Crippen LogP contribution is -2.50. The van der Waals surface area contributed by atoms with Gasteiger partial charge in [-0.05, 0) is 18.2 Å². The largest absolute Gasteiger partial charge is 0.543 e. The minimum atomic E-state index is -1.14. The van der Waals surface area contributed by atoms with Crippen molar-refractivity contribution in [3.05, 3.63) is 73.1 Å². The number of aliphatic carboxylic acids is 1. The molecule has 1 unspecified atom stereocenters. The summed E-state index contributed by atoms with van der Waals surface area (Å²) < 4.78 is 1.39. The smallest absolute Gasteiger partial charge is 0.220 e. The van der Waals surface area contributed by atoms with Crippen LogP contribution < -0.4 is 9.79 Å². The summed E-state index contributed by atoms with van der Waals surface area (Å²) in [5, 5.41) is 24.7. The van der Waals surface area contributed by atoms with E-state index in [1.165, 1.54) is 11.6 Å². The van der Waals surface area contributed by atoms with Crippen LogP contribution >= 0.6 is 17.0 Å². The van der Waals surface area contributed by atoms with Crippen LogP contribution in [0.5, 0.6) is 0 Å². The molecule has 2 aromatic carbocycles. The first-order chi connectivity index (χ1) is 12.1. The molecule has 2 aromatic heterocycles. The average molecular weight is 413 g/mol. The number of rotatable bonds is 2. The van der Waals surface area contributed by atoms with Crippen molar-refractivity contribution in [3.63, 3.8) is 0 Å². The van der Waals surface area contributed by atoms with Crippen molar-refractivity contribution in [1.29, 1.82) is 0 Å². The molecular weight excluding hydrogens is 396 g/mol.